The number of carbonyl (C=O) groups is 2. The van der Waals surface area contributed by atoms with E-state index < -0.39 is 17.4 Å². The second-order valence-electron chi connectivity index (χ2n) is 6.42. The lowest BCUT2D eigenvalue weighted by atomic mass is 9.87. The zero-order chi connectivity index (χ0) is 20.0. The minimum atomic E-state index is -1.52. The second kappa shape index (κ2) is 8.58. The lowest BCUT2D eigenvalue weighted by Gasteiger charge is -2.30. The Morgan fingerprint density at radius 3 is 2.30 bits per heavy atom. The summed E-state index contributed by atoms with van der Waals surface area (Å²) in [5.41, 5.74) is -0.711. The first-order valence-electron chi connectivity index (χ1n) is 8.80. The summed E-state index contributed by atoms with van der Waals surface area (Å²) in [5.74, 6) is -0.686. The minimum absolute atomic E-state index is 0.0450. The number of amides is 1. The third kappa shape index (κ3) is 4.39. The van der Waals surface area contributed by atoms with E-state index >= 15 is 0 Å². The van der Waals surface area contributed by atoms with E-state index in [1.807, 2.05) is 13.8 Å². The topological polar surface area (TPSA) is 84.9 Å². The molecule has 0 aromatic heterocycles. The summed E-state index contributed by atoms with van der Waals surface area (Å²) in [6.45, 7) is 5.51. The zero-order valence-corrected chi connectivity index (χ0v) is 16.0. The zero-order valence-electron chi connectivity index (χ0n) is 16.0. The van der Waals surface area contributed by atoms with Crippen LogP contribution in [0, 0.1) is 0 Å². The van der Waals surface area contributed by atoms with Crippen molar-refractivity contribution in [2.24, 2.45) is 0 Å². The molecule has 27 heavy (non-hydrogen) atoms. The highest BCUT2D eigenvalue weighted by molar-refractivity contribution is 5.98. The van der Waals surface area contributed by atoms with Gasteiger partial charge >= 0.3 is 5.97 Å². The van der Waals surface area contributed by atoms with Crippen LogP contribution < -0.4 is 14.8 Å². The highest BCUT2D eigenvalue weighted by Gasteiger charge is 2.40. The molecule has 1 amide bonds. The summed E-state index contributed by atoms with van der Waals surface area (Å²) in [6.07, 6.45) is 0.153. The first kappa shape index (κ1) is 20.3. The largest absolute Gasteiger partial charge is 0.493 e. The van der Waals surface area contributed by atoms with Crippen molar-refractivity contribution in [2.75, 3.05) is 7.11 Å². The molecule has 6 heteroatoms. The van der Waals surface area contributed by atoms with Crippen molar-refractivity contribution < 1.29 is 24.2 Å². The molecule has 144 valence electrons. The Bertz CT molecular complexity index is 803. The standard InChI is InChI=1S/C21H25NO5/c1-5-21(20(24)25,16-9-7-6-8-10-16)22-19(23)15-11-12-17(27-14(2)3)18(13-15)26-4/h6-14H,5H2,1-4H3,(H,22,23)(H,24,25). The summed E-state index contributed by atoms with van der Waals surface area (Å²) < 4.78 is 11.0. The van der Waals surface area contributed by atoms with Crippen molar-refractivity contribution in [3.05, 3.63) is 59.7 Å². The van der Waals surface area contributed by atoms with Crippen molar-refractivity contribution in [2.45, 2.75) is 38.8 Å². The van der Waals surface area contributed by atoms with Gasteiger partial charge < -0.3 is 19.9 Å². The maximum Gasteiger partial charge on any atom is 0.334 e. The van der Waals surface area contributed by atoms with Crippen LogP contribution in [0.15, 0.2) is 48.5 Å². The molecule has 1 unspecified atom stereocenters. The fraction of sp³-hybridized carbons (Fsp3) is 0.333. The van der Waals surface area contributed by atoms with Crippen LogP contribution in [0.5, 0.6) is 11.5 Å². The van der Waals surface area contributed by atoms with Gasteiger partial charge in [-0.25, -0.2) is 4.79 Å². The highest BCUT2D eigenvalue weighted by Crippen LogP contribution is 2.30. The molecule has 0 aliphatic rings. The fourth-order valence-corrected chi connectivity index (χ4v) is 2.84. The molecule has 2 aromatic carbocycles. The highest BCUT2D eigenvalue weighted by atomic mass is 16.5. The molecule has 0 saturated carbocycles. The van der Waals surface area contributed by atoms with E-state index in [2.05, 4.69) is 5.32 Å². The SMILES string of the molecule is CCC(NC(=O)c1ccc(OC(C)C)c(OC)c1)(C(=O)O)c1ccccc1. The van der Waals surface area contributed by atoms with Crippen LogP contribution in [0.3, 0.4) is 0 Å². The van der Waals surface area contributed by atoms with Crippen molar-refractivity contribution in [3.8, 4) is 11.5 Å². The number of ether oxygens (including phenoxy) is 2. The monoisotopic (exact) mass is 371 g/mol. The van der Waals surface area contributed by atoms with Crippen LogP contribution in [0.25, 0.3) is 0 Å². The predicted octanol–water partition coefficient (Wildman–Crippen LogP) is 3.60. The Morgan fingerprint density at radius 2 is 1.78 bits per heavy atom. The first-order valence-corrected chi connectivity index (χ1v) is 8.80. The molecule has 0 spiro atoms. The number of methoxy groups -OCH3 is 1. The Labute approximate surface area is 159 Å². The molecule has 1 atom stereocenters. The van der Waals surface area contributed by atoms with Crippen LogP contribution in [-0.4, -0.2) is 30.2 Å². The molecule has 0 saturated heterocycles. The lowest BCUT2D eigenvalue weighted by Crippen LogP contribution is -2.51. The Hall–Kier alpha value is -3.02. The molecule has 6 nitrogen and oxygen atoms in total. The molecule has 2 rings (SSSR count). The van der Waals surface area contributed by atoms with Gasteiger partial charge in [-0.15, -0.1) is 0 Å². The van der Waals surface area contributed by atoms with Crippen LogP contribution in [0.1, 0.15) is 43.1 Å². The van der Waals surface area contributed by atoms with Gasteiger partial charge in [0.1, 0.15) is 0 Å². The van der Waals surface area contributed by atoms with Gasteiger partial charge in [0, 0.05) is 5.56 Å². The predicted molar refractivity (Wildman–Crippen MR) is 102 cm³/mol. The van der Waals surface area contributed by atoms with Gasteiger partial charge in [-0.05, 0) is 44.0 Å². The van der Waals surface area contributed by atoms with Gasteiger partial charge in [0.15, 0.2) is 17.0 Å². The van der Waals surface area contributed by atoms with Crippen LogP contribution in [0.2, 0.25) is 0 Å². The molecular formula is C21H25NO5. The fourth-order valence-electron chi connectivity index (χ4n) is 2.84. The number of aliphatic carboxylic acids is 1. The summed E-state index contributed by atoms with van der Waals surface area (Å²) in [7, 11) is 1.49. The van der Waals surface area contributed by atoms with E-state index in [1.165, 1.54) is 7.11 Å². The number of nitrogens with one attached hydrogen (secondary N) is 1. The van der Waals surface area contributed by atoms with E-state index in [4.69, 9.17) is 9.47 Å². The summed E-state index contributed by atoms with van der Waals surface area (Å²) >= 11 is 0. The molecule has 0 bridgehead atoms. The third-order valence-electron chi connectivity index (χ3n) is 4.28. The van der Waals surface area contributed by atoms with E-state index in [9.17, 15) is 14.7 Å². The van der Waals surface area contributed by atoms with E-state index in [0.717, 1.165) is 0 Å². The Morgan fingerprint density at radius 1 is 1.11 bits per heavy atom. The number of hydrogen-bond acceptors (Lipinski definition) is 4. The van der Waals surface area contributed by atoms with Gasteiger partial charge in [-0.1, -0.05) is 37.3 Å². The van der Waals surface area contributed by atoms with Crippen LogP contribution >= 0.6 is 0 Å². The first-order chi connectivity index (χ1) is 12.8. The Kier molecular flexibility index (Phi) is 6.45. The smallest absolute Gasteiger partial charge is 0.334 e. The minimum Gasteiger partial charge on any atom is -0.493 e. The Balaban J connectivity index is 2.37. The number of rotatable bonds is 8. The van der Waals surface area contributed by atoms with Crippen LogP contribution in [0.4, 0.5) is 0 Å². The molecule has 0 fully saturated rings. The lowest BCUT2D eigenvalue weighted by molar-refractivity contribution is -0.145. The molecule has 0 aliphatic heterocycles. The second-order valence-corrected chi connectivity index (χ2v) is 6.42. The van der Waals surface area contributed by atoms with Crippen LogP contribution in [-0.2, 0) is 10.3 Å². The van der Waals surface area contributed by atoms with E-state index in [-0.39, 0.29) is 18.1 Å². The van der Waals surface area contributed by atoms with Crippen molar-refractivity contribution in [3.63, 3.8) is 0 Å². The van der Waals surface area contributed by atoms with Crippen molar-refractivity contribution in [1.29, 1.82) is 0 Å². The number of benzene rings is 2. The van der Waals surface area contributed by atoms with Gasteiger partial charge in [-0.3, -0.25) is 4.79 Å². The van der Waals surface area contributed by atoms with Crippen molar-refractivity contribution >= 4 is 11.9 Å². The van der Waals surface area contributed by atoms with E-state index in [0.29, 0.717) is 17.1 Å². The average Bonchev–Trinajstić information content (AvgIpc) is 2.66. The number of carboxylic acids is 1. The summed E-state index contributed by atoms with van der Waals surface area (Å²) in [5, 5.41) is 12.5. The van der Waals surface area contributed by atoms with Gasteiger partial charge in [0.05, 0.1) is 13.2 Å². The molecule has 2 aromatic rings. The molecule has 0 aliphatic carbocycles. The number of hydrogen-bond donors (Lipinski definition) is 2. The third-order valence-corrected chi connectivity index (χ3v) is 4.28. The molecule has 2 N–H and O–H groups in total. The quantitative estimate of drug-likeness (QED) is 0.741. The van der Waals surface area contributed by atoms with Gasteiger partial charge in [0.25, 0.3) is 5.91 Å². The van der Waals surface area contributed by atoms with Gasteiger partial charge in [-0.2, -0.15) is 0 Å². The number of carbonyl (C=O) groups excluding carboxylic acids is 1. The summed E-state index contributed by atoms with van der Waals surface area (Å²) in [6, 6.07) is 13.4. The number of carboxylic acid groups (broad SMARTS) is 1. The molecular weight excluding hydrogens is 346 g/mol. The van der Waals surface area contributed by atoms with Gasteiger partial charge in [0.2, 0.25) is 0 Å². The maximum absolute atomic E-state index is 12.8. The van der Waals surface area contributed by atoms with Crippen molar-refractivity contribution in [1.82, 2.24) is 5.32 Å². The van der Waals surface area contributed by atoms with E-state index in [1.54, 1.807) is 55.5 Å². The maximum atomic E-state index is 12.8. The normalized spacial score (nSPS) is 12.9. The molecule has 0 heterocycles. The average molecular weight is 371 g/mol. The molecule has 0 radical (unpaired) electrons. The summed E-state index contributed by atoms with van der Waals surface area (Å²) in [4.78, 5) is 24.9.